The number of carboxylic acid groups (broad SMARTS) is 1. The van der Waals surface area contributed by atoms with E-state index in [1.165, 1.54) is 36.4 Å². The second-order valence-corrected chi connectivity index (χ2v) is 7.37. The third-order valence-electron chi connectivity index (χ3n) is 3.92. The average Bonchev–Trinajstić information content (AvgIpc) is 3.25. The lowest BCUT2D eigenvalue weighted by Crippen LogP contribution is -2.13. The Hall–Kier alpha value is -2.21. The first-order valence-corrected chi connectivity index (χ1v) is 8.25. The predicted molar refractivity (Wildman–Crippen MR) is 77.7 cm³/mol. The molecule has 1 saturated carbocycles. The number of carbonyl (C=O) groups is 1. The van der Waals surface area contributed by atoms with Crippen LogP contribution < -0.4 is 0 Å². The van der Waals surface area contributed by atoms with Crippen molar-refractivity contribution in [1.29, 1.82) is 0 Å². The molecule has 0 radical (unpaired) electrons. The highest BCUT2D eigenvalue weighted by atomic mass is 32.2. The average molecular weight is 320 g/mol. The second kappa shape index (κ2) is 5.21. The molecule has 0 heterocycles. The number of rotatable bonds is 4. The van der Waals surface area contributed by atoms with Crippen molar-refractivity contribution in [3.8, 4) is 0 Å². The normalized spacial score (nSPS) is 24.0. The molecule has 3 rings (SSSR count). The fourth-order valence-electron chi connectivity index (χ4n) is 2.81. The second-order valence-electron chi connectivity index (χ2n) is 5.26. The number of hydrogen-bond donors (Lipinski definition) is 1. The van der Waals surface area contributed by atoms with Crippen LogP contribution in [0.2, 0.25) is 0 Å². The Morgan fingerprint density at radius 1 is 1.00 bits per heavy atom. The maximum Gasteiger partial charge on any atom is 0.308 e. The van der Waals surface area contributed by atoms with Gasteiger partial charge in [0.2, 0.25) is 0 Å². The van der Waals surface area contributed by atoms with Crippen LogP contribution in [0.4, 0.5) is 4.39 Å². The quantitative estimate of drug-likeness (QED) is 0.939. The Bertz CT molecular complexity index is 800. The Morgan fingerprint density at radius 3 is 2.14 bits per heavy atom. The first-order chi connectivity index (χ1) is 10.4. The molecule has 3 atom stereocenters. The molecule has 0 bridgehead atoms. The van der Waals surface area contributed by atoms with Gasteiger partial charge in [0.15, 0.2) is 9.84 Å². The summed E-state index contributed by atoms with van der Waals surface area (Å²) in [4.78, 5) is 11.5. The van der Waals surface area contributed by atoms with Crippen LogP contribution in [0.1, 0.15) is 11.5 Å². The van der Waals surface area contributed by atoms with Gasteiger partial charge in [0, 0.05) is 5.92 Å². The Kier molecular flexibility index (Phi) is 3.48. The zero-order chi connectivity index (χ0) is 15.9. The van der Waals surface area contributed by atoms with E-state index in [4.69, 9.17) is 0 Å². The molecule has 22 heavy (non-hydrogen) atoms. The fraction of sp³-hybridized carbons (Fsp3) is 0.188. The topological polar surface area (TPSA) is 71.4 Å². The highest BCUT2D eigenvalue weighted by Crippen LogP contribution is 2.54. The van der Waals surface area contributed by atoms with Gasteiger partial charge in [-0.3, -0.25) is 4.79 Å². The van der Waals surface area contributed by atoms with Crippen molar-refractivity contribution in [2.24, 2.45) is 5.92 Å². The fourth-order valence-corrected chi connectivity index (χ4v) is 4.96. The van der Waals surface area contributed by atoms with E-state index >= 15 is 0 Å². The zero-order valence-corrected chi connectivity index (χ0v) is 12.2. The molecule has 0 saturated heterocycles. The van der Waals surface area contributed by atoms with Gasteiger partial charge >= 0.3 is 5.97 Å². The van der Waals surface area contributed by atoms with Crippen LogP contribution in [0, 0.1) is 11.7 Å². The van der Waals surface area contributed by atoms with E-state index in [0.717, 1.165) is 0 Å². The maximum absolute atomic E-state index is 13.0. The van der Waals surface area contributed by atoms with E-state index in [1.54, 1.807) is 18.2 Å². The highest BCUT2D eigenvalue weighted by Gasteiger charge is 2.63. The molecule has 1 aliphatic carbocycles. The summed E-state index contributed by atoms with van der Waals surface area (Å²) in [6, 6.07) is 13.1. The van der Waals surface area contributed by atoms with E-state index < -0.39 is 38.7 Å². The third kappa shape index (κ3) is 2.39. The number of carboxylic acids is 1. The van der Waals surface area contributed by atoms with Crippen LogP contribution in [0.15, 0.2) is 59.5 Å². The Morgan fingerprint density at radius 2 is 1.59 bits per heavy atom. The summed E-state index contributed by atoms with van der Waals surface area (Å²) < 4.78 is 38.2. The van der Waals surface area contributed by atoms with Crippen molar-refractivity contribution in [3.05, 3.63) is 66.0 Å². The molecule has 114 valence electrons. The van der Waals surface area contributed by atoms with Gasteiger partial charge < -0.3 is 5.11 Å². The number of sulfone groups is 1. The molecule has 1 fully saturated rings. The minimum absolute atomic E-state index is 0.107. The van der Waals surface area contributed by atoms with Gasteiger partial charge in [-0.2, -0.15) is 0 Å². The van der Waals surface area contributed by atoms with Gasteiger partial charge in [0.05, 0.1) is 16.1 Å². The van der Waals surface area contributed by atoms with Gasteiger partial charge in [-0.1, -0.05) is 30.3 Å². The van der Waals surface area contributed by atoms with Crippen LogP contribution in [-0.2, 0) is 14.6 Å². The SMILES string of the molecule is O=C(O)[C@H]1[C@H](c2ccc(F)cc2)[C@@H]1S(=O)(=O)c1ccccc1. The minimum atomic E-state index is -3.74. The van der Waals surface area contributed by atoms with Gasteiger partial charge in [0.1, 0.15) is 5.82 Å². The summed E-state index contributed by atoms with van der Waals surface area (Å²) >= 11 is 0. The van der Waals surface area contributed by atoms with Gasteiger partial charge in [-0.15, -0.1) is 0 Å². The summed E-state index contributed by atoms with van der Waals surface area (Å²) in [6.45, 7) is 0. The molecule has 1 aliphatic rings. The Labute approximate surface area is 127 Å². The van der Waals surface area contributed by atoms with Crippen molar-refractivity contribution < 1.29 is 22.7 Å². The highest BCUT2D eigenvalue weighted by molar-refractivity contribution is 7.92. The summed E-state index contributed by atoms with van der Waals surface area (Å²) in [5, 5.41) is 8.27. The van der Waals surface area contributed by atoms with Gasteiger partial charge in [-0.05, 0) is 29.8 Å². The van der Waals surface area contributed by atoms with Crippen molar-refractivity contribution in [1.82, 2.24) is 0 Å². The summed E-state index contributed by atoms with van der Waals surface area (Å²) in [6.07, 6.45) is 0. The molecule has 4 nitrogen and oxygen atoms in total. The van der Waals surface area contributed by atoms with Crippen molar-refractivity contribution >= 4 is 15.8 Å². The van der Waals surface area contributed by atoms with Crippen LogP contribution in [0.5, 0.6) is 0 Å². The van der Waals surface area contributed by atoms with Crippen LogP contribution in [0.25, 0.3) is 0 Å². The molecule has 2 aromatic carbocycles. The monoisotopic (exact) mass is 320 g/mol. The van der Waals surface area contributed by atoms with E-state index in [-0.39, 0.29) is 4.90 Å². The first-order valence-electron chi connectivity index (χ1n) is 6.70. The number of aliphatic carboxylic acids is 1. The summed E-state index contributed by atoms with van der Waals surface area (Å²) in [7, 11) is -3.74. The van der Waals surface area contributed by atoms with Crippen LogP contribution >= 0.6 is 0 Å². The standard InChI is InChI=1S/C16H13FO4S/c17-11-8-6-10(7-9-11)13-14(16(18)19)15(13)22(20,21)12-4-2-1-3-5-12/h1-9,13-15H,(H,18,19)/t13-,14-,15-/m0/s1. The lowest BCUT2D eigenvalue weighted by molar-refractivity contribution is -0.138. The largest absolute Gasteiger partial charge is 0.481 e. The molecule has 1 N–H and O–H groups in total. The summed E-state index contributed by atoms with van der Waals surface area (Å²) in [5.74, 6) is -3.25. The zero-order valence-electron chi connectivity index (χ0n) is 11.4. The van der Waals surface area contributed by atoms with Gasteiger partial charge in [-0.25, -0.2) is 12.8 Å². The van der Waals surface area contributed by atoms with E-state index in [0.29, 0.717) is 5.56 Å². The molecule has 0 aromatic heterocycles. The van der Waals surface area contributed by atoms with E-state index in [2.05, 4.69) is 0 Å². The predicted octanol–water partition coefficient (Wildman–Crippen LogP) is 2.47. The maximum atomic E-state index is 13.0. The smallest absolute Gasteiger partial charge is 0.308 e. The van der Waals surface area contributed by atoms with Crippen LogP contribution in [0.3, 0.4) is 0 Å². The molecule has 0 aliphatic heterocycles. The van der Waals surface area contributed by atoms with Gasteiger partial charge in [0.25, 0.3) is 0 Å². The molecular formula is C16H13FO4S. The first kappa shape index (κ1) is 14.7. The van der Waals surface area contributed by atoms with Crippen LogP contribution in [-0.4, -0.2) is 24.7 Å². The third-order valence-corrected chi connectivity index (χ3v) is 6.16. The lowest BCUT2D eigenvalue weighted by atomic mass is 10.1. The molecule has 0 unspecified atom stereocenters. The number of halogens is 1. The van der Waals surface area contributed by atoms with Crippen molar-refractivity contribution in [2.45, 2.75) is 16.1 Å². The molecular weight excluding hydrogens is 307 g/mol. The number of benzene rings is 2. The number of hydrogen-bond acceptors (Lipinski definition) is 3. The molecule has 0 spiro atoms. The Balaban J connectivity index is 1.99. The van der Waals surface area contributed by atoms with Crippen molar-refractivity contribution in [3.63, 3.8) is 0 Å². The molecule has 0 amide bonds. The minimum Gasteiger partial charge on any atom is -0.481 e. The molecule has 6 heteroatoms. The lowest BCUT2D eigenvalue weighted by Gasteiger charge is -2.03. The van der Waals surface area contributed by atoms with Crippen molar-refractivity contribution in [2.75, 3.05) is 0 Å². The molecule has 2 aromatic rings. The van der Waals surface area contributed by atoms with E-state index in [9.17, 15) is 22.7 Å². The summed E-state index contributed by atoms with van der Waals surface area (Å²) in [5.41, 5.74) is 0.526. The van der Waals surface area contributed by atoms with E-state index in [1.807, 2.05) is 0 Å².